The highest BCUT2D eigenvalue weighted by Gasteiger charge is 2.09. The first-order valence-corrected chi connectivity index (χ1v) is 5.56. The molecule has 0 fully saturated rings. The zero-order chi connectivity index (χ0) is 13.8. The van der Waals surface area contributed by atoms with Gasteiger partial charge in [-0.2, -0.15) is 0 Å². The van der Waals surface area contributed by atoms with Crippen LogP contribution in [0.15, 0.2) is 36.7 Å². The summed E-state index contributed by atoms with van der Waals surface area (Å²) in [7, 11) is 0. The summed E-state index contributed by atoms with van der Waals surface area (Å²) in [6, 6.07) is 6.47. The van der Waals surface area contributed by atoms with Gasteiger partial charge in [0.1, 0.15) is 11.5 Å². The number of nitrogens with zero attached hydrogens (tertiary/aromatic N) is 2. The first-order chi connectivity index (χ1) is 9.06. The van der Waals surface area contributed by atoms with Gasteiger partial charge in [-0.25, -0.2) is 4.98 Å². The predicted molar refractivity (Wildman–Crippen MR) is 69.7 cm³/mol. The van der Waals surface area contributed by atoms with Gasteiger partial charge in [0, 0.05) is 12.4 Å². The number of hydrogen-bond acceptors (Lipinski definition) is 4. The van der Waals surface area contributed by atoms with Crippen molar-refractivity contribution in [2.75, 3.05) is 5.32 Å². The number of amides is 2. The van der Waals surface area contributed by atoms with Crippen molar-refractivity contribution < 1.29 is 9.59 Å². The van der Waals surface area contributed by atoms with Crippen LogP contribution in [0, 0.1) is 6.92 Å². The van der Waals surface area contributed by atoms with Gasteiger partial charge in [0.25, 0.3) is 11.8 Å². The Morgan fingerprint density at radius 1 is 1.21 bits per heavy atom. The molecule has 0 radical (unpaired) electrons. The standard InChI is InChI=1S/C13H12N4O2/c1-8-4-5-15-11(6-8)17-13(19)9-2-3-10(12(14)18)16-7-9/h2-7H,1H3,(H2,14,18)(H,15,17,19). The maximum atomic E-state index is 11.9. The highest BCUT2D eigenvalue weighted by molar-refractivity contribution is 6.04. The SMILES string of the molecule is Cc1ccnc(NC(=O)c2ccc(C(N)=O)nc2)c1. The molecule has 0 bridgehead atoms. The number of carbonyl (C=O) groups excluding carboxylic acids is 2. The Balaban J connectivity index is 2.14. The Hall–Kier alpha value is -2.76. The number of hydrogen-bond donors (Lipinski definition) is 2. The minimum atomic E-state index is -0.632. The highest BCUT2D eigenvalue weighted by Crippen LogP contribution is 2.08. The lowest BCUT2D eigenvalue weighted by molar-refractivity contribution is 0.0990. The molecule has 0 unspecified atom stereocenters. The predicted octanol–water partition coefficient (Wildman–Crippen LogP) is 1.14. The lowest BCUT2D eigenvalue weighted by atomic mass is 10.2. The van der Waals surface area contributed by atoms with Crippen LogP contribution in [0.4, 0.5) is 5.82 Å². The minimum Gasteiger partial charge on any atom is -0.364 e. The van der Waals surface area contributed by atoms with E-state index in [1.807, 2.05) is 13.0 Å². The van der Waals surface area contributed by atoms with Crippen molar-refractivity contribution in [3.63, 3.8) is 0 Å². The largest absolute Gasteiger partial charge is 0.364 e. The van der Waals surface area contributed by atoms with Gasteiger partial charge in [-0.1, -0.05) is 0 Å². The van der Waals surface area contributed by atoms with Crippen molar-refractivity contribution in [3.8, 4) is 0 Å². The quantitative estimate of drug-likeness (QED) is 0.860. The van der Waals surface area contributed by atoms with E-state index in [9.17, 15) is 9.59 Å². The number of rotatable bonds is 3. The number of primary amides is 1. The summed E-state index contributed by atoms with van der Waals surface area (Å²) in [5.41, 5.74) is 6.50. The molecule has 3 N–H and O–H groups in total. The number of anilines is 1. The van der Waals surface area contributed by atoms with Crippen molar-refractivity contribution >= 4 is 17.6 Å². The maximum Gasteiger partial charge on any atom is 0.267 e. The monoisotopic (exact) mass is 256 g/mol. The van der Waals surface area contributed by atoms with E-state index in [1.165, 1.54) is 18.3 Å². The molecule has 0 saturated carbocycles. The van der Waals surface area contributed by atoms with E-state index < -0.39 is 5.91 Å². The average Bonchev–Trinajstić information content (AvgIpc) is 2.39. The summed E-state index contributed by atoms with van der Waals surface area (Å²) in [6.07, 6.45) is 2.91. The molecule has 96 valence electrons. The van der Waals surface area contributed by atoms with E-state index in [0.717, 1.165) is 5.56 Å². The van der Waals surface area contributed by atoms with Crippen molar-refractivity contribution in [3.05, 3.63) is 53.5 Å². The molecule has 0 aliphatic rings. The molecule has 19 heavy (non-hydrogen) atoms. The summed E-state index contributed by atoms with van der Waals surface area (Å²) in [6.45, 7) is 1.90. The second-order valence-electron chi connectivity index (χ2n) is 3.97. The summed E-state index contributed by atoms with van der Waals surface area (Å²) in [5, 5.41) is 2.64. The van der Waals surface area contributed by atoms with Crippen molar-refractivity contribution in [1.29, 1.82) is 0 Å². The lowest BCUT2D eigenvalue weighted by Crippen LogP contribution is -2.16. The Bertz CT molecular complexity index is 623. The van der Waals surface area contributed by atoms with Crippen LogP contribution in [0.3, 0.4) is 0 Å². The molecular weight excluding hydrogens is 244 g/mol. The molecule has 0 atom stereocenters. The van der Waals surface area contributed by atoms with Gasteiger partial charge >= 0.3 is 0 Å². The Morgan fingerprint density at radius 2 is 2.00 bits per heavy atom. The van der Waals surface area contributed by atoms with Crippen LogP contribution < -0.4 is 11.1 Å². The second-order valence-corrected chi connectivity index (χ2v) is 3.97. The summed E-state index contributed by atoms with van der Waals surface area (Å²) in [5.74, 6) is -0.516. The normalized spacial score (nSPS) is 9.95. The summed E-state index contributed by atoms with van der Waals surface area (Å²) < 4.78 is 0. The number of nitrogens with one attached hydrogen (secondary N) is 1. The number of nitrogens with two attached hydrogens (primary N) is 1. The molecule has 2 rings (SSSR count). The zero-order valence-corrected chi connectivity index (χ0v) is 10.3. The molecular formula is C13H12N4O2. The second kappa shape index (κ2) is 5.26. The number of aryl methyl sites for hydroxylation is 1. The van der Waals surface area contributed by atoms with Crippen LogP contribution in [0.2, 0.25) is 0 Å². The number of aromatic nitrogens is 2. The Labute approximate surface area is 109 Å². The van der Waals surface area contributed by atoms with Crippen LogP contribution in [-0.2, 0) is 0 Å². The Morgan fingerprint density at radius 3 is 2.58 bits per heavy atom. The van der Waals surface area contributed by atoms with Gasteiger partial charge in [-0.05, 0) is 36.8 Å². The van der Waals surface area contributed by atoms with Gasteiger partial charge in [0.05, 0.1) is 5.56 Å². The first kappa shape index (κ1) is 12.7. The molecule has 2 aromatic heterocycles. The van der Waals surface area contributed by atoms with Crippen LogP contribution >= 0.6 is 0 Å². The molecule has 2 heterocycles. The smallest absolute Gasteiger partial charge is 0.267 e. The van der Waals surface area contributed by atoms with E-state index in [2.05, 4.69) is 15.3 Å². The molecule has 0 aliphatic heterocycles. The Kier molecular flexibility index (Phi) is 3.51. The fraction of sp³-hybridized carbons (Fsp3) is 0.0769. The number of carbonyl (C=O) groups is 2. The van der Waals surface area contributed by atoms with Crippen LogP contribution in [0.1, 0.15) is 26.4 Å². The third-order valence-electron chi connectivity index (χ3n) is 2.44. The van der Waals surface area contributed by atoms with Gasteiger partial charge < -0.3 is 11.1 Å². The summed E-state index contributed by atoms with van der Waals surface area (Å²) >= 11 is 0. The van der Waals surface area contributed by atoms with Gasteiger partial charge in [0.2, 0.25) is 0 Å². The summed E-state index contributed by atoms with van der Waals surface area (Å²) in [4.78, 5) is 30.6. The van der Waals surface area contributed by atoms with Crippen molar-refractivity contribution in [1.82, 2.24) is 9.97 Å². The molecule has 6 heteroatoms. The van der Waals surface area contributed by atoms with Crippen molar-refractivity contribution in [2.24, 2.45) is 5.73 Å². The van der Waals surface area contributed by atoms with E-state index >= 15 is 0 Å². The molecule has 2 amide bonds. The molecule has 0 spiro atoms. The highest BCUT2D eigenvalue weighted by atomic mass is 16.2. The average molecular weight is 256 g/mol. The van der Waals surface area contributed by atoms with E-state index in [-0.39, 0.29) is 11.6 Å². The molecule has 0 saturated heterocycles. The third kappa shape index (κ3) is 3.12. The van der Waals surface area contributed by atoms with Crippen LogP contribution in [-0.4, -0.2) is 21.8 Å². The van der Waals surface area contributed by atoms with E-state index in [4.69, 9.17) is 5.73 Å². The molecule has 0 aromatic carbocycles. The van der Waals surface area contributed by atoms with Crippen molar-refractivity contribution in [2.45, 2.75) is 6.92 Å². The molecule has 0 aliphatic carbocycles. The van der Waals surface area contributed by atoms with Gasteiger partial charge in [-0.15, -0.1) is 0 Å². The lowest BCUT2D eigenvalue weighted by Gasteiger charge is -2.05. The van der Waals surface area contributed by atoms with Gasteiger partial charge in [-0.3, -0.25) is 14.6 Å². The first-order valence-electron chi connectivity index (χ1n) is 5.56. The van der Waals surface area contributed by atoms with Crippen LogP contribution in [0.5, 0.6) is 0 Å². The molecule has 2 aromatic rings. The minimum absolute atomic E-state index is 0.116. The fourth-order valence-corrected chi connectivity index (χ4v) is 1.47. The number of pyridine rings is 2. The van der Waals surface area contributed by atoms with Gasteiger partial charge in [0.15, 0.2) is 0 Å². The fourth-order valence-electron chi connectivity index (χ4n) is 1.47. The van der Waals surface area contributed by atoms with E-state index in [0.29, 0.717) is 11.4 Å². The van der Waals surface area contributed by atoms with E-state index in [1.54, 1.807) is 12.3 Å². The molecule has 6 nitrogen and oxygen atoms in total. The van der Waals surface area contributed by atoms with Crippen LogP contribution in [0.25, 0.3) is 0 Å². The third-order valence-corrected chi connectivity index (χ3v) is 2.44. The maximum absolute atomic E-state index is 11.9. The topological polar surface area (TPSA) is 98.0 Å². The zero-order valence-electron chi connectivity index (χ0n) is 10.3.